The topological polar surface area (TPSA) is 43.8 Å². The quantitative estimate of drug-likeness (QED) is 0.869. The smallest absolute Gasteiger partial charge is 0.317 e. The van der Waals surface area contributed by atoms with Gasteiger partial charge in [0.2, 0.25) is 0 Å². The van der Waals surface area contributed by atoms with E-state index in [1.165, 1.54) is 51.4 Å². The van der Waals surface area contributed by atoms with E-state index in [1.54, 1.807) is 0 Å². The summed E-state index contributed by atoms with van der Waals surface area (Å²) in [4.78, 5) is 15.6. The summed E-state index contributed by atoms with van der Waals surface area (Å²) in [6, 6.07) is 0.765. The number of hydrogen-bond donors (Lipinski definition) is 1. The lowest BCUT2D eigenvalue weighted by atomic mass is 9.71. The van der Waals surface area contributed by atoms with E-state index in [4.69, 9.17) is 5.11 Å². The highest BCUT2D eigenvalue weighted by molar-refractivity contribution is 5.69. The molecule has 0 aromatic heterocycles. The highest BCUT2D eigenvalue weighted by Gasteiger charge is 2.38. The SMILES string of the molecule is O=C(O)CN1CCCN(C2CCC3(CCCC3)CC2)CC1. The minimum atomic E-state index is -0.690. The van der Waals surface area contributed by atoms with Crippen molar-refractivity contribution < 1.29 is 9.90 Å². The maximum atomic E-state index is 10.9. The van der Waals surface area contributed by atoms with Gasteiger partial charge in [0.15, 0.2) is 0 Å². The van der Waals surface area contributed by atoms with Crippen molar-refractivity contribution in [3.63, 3.8) is 0 Å². The first-order valence-electron chi connectivity index (χ1n) is 8.85. The summed E-state index contributed by atoms with van der Waals surface area (Å²) in [6.45, 7) is 4.30. The number of aliphatic carboxylic acids is 1. The lowest BCUT2D eigenvalue weighted by molar-refractivity contribution is -0.138. The van der Waals surface area contributed by atoms with E-state index < -0.39 is 5.97 Å². The Morgan fingerprint density at radius 1 is 0.952 bits per heavy atom. The Hall–Kier alpha value is -0.610. The molecular formula is C17H30N2O2. The first-order chi connectivity index (χ1) is 10.2. The van der Waals surface area contributed by atoms with Crippen LogP contribution in [-0.4, -0.2) is 59.6 Å². The monoisotopic (exact) mass is 294 g/mol. The van der Waals surface area contributed by atoms with E-state index in [-0.39, 0.29) is 6.54 Å². The van der Waals surface area contributed by atoms with E-state index in [0.717, 1.165) is 44.1 Å². The predicted molar refractivity (Wildman–Crippen MR) is 83.4 cm³/mol. The van der Waals surface area contributed by atoms with Crippen LogP contribution in [0.3, 0.4) is 0 Å². The van der Waals surface area contributed by atoms with Gasteiger partial charge in [0.25, 0.3) is 0 Å². The van der Waals surface area contributed by atoms with Gasteiger partial charge in [-0.1, -0.05) is 12.8 Å². The Morgan fingerprint density at radius 2 is 1.67 bits per heavy atom. The highest BCUT2D eigenvalue weighted by atomic mass is 16.4. The van der Waals surface area contributed by atoms with Crippen molar-refractivity contribution in [3.05, 3.63) is 0 Å². The molecule has 21 heavy (non-hydrogen) atoms. The lowest BCUT2D eigenvalue weighted by Crippen LogP contribution is -2.42. The molecule has 2 aliphatic carbocycles. The second-order valence-corrected chi connectivity index (χ2v) is 7.50. The number of nitrogens with zero attached hydrogens (tertiary/aromatic N) is 2. The van der Waals surface area contributed by atoms with E-state index in [0.29, 0.717) is 0 Å². The van der Waals surface area contributed by atoms with Gasteiger partial charge in [0, 0.05) is 25.7 Å². The zero-order valence-electron chi connectivity index (χ0n) is 13.2. The van der Waals surface area contributed by atoms with Crippen molar-refractivity contribution in [2.75, 3.05) is 32.7 Å². The second kappa shape index (κ2) is 6.66. The summed E-state index contributed by atoms with van der Waals surface area (Å²) in [6.07, 6.45) is 12.6. The number of carboxylic acids is 1. The van der Waals surface area contributed by atoms with Crippen LogP contribution < -0.4 is 0 Å². The molecule has 4 heteroatoms. The van der Waals surface area contributed by atoms with Crippen LogP contribution in [-0.2, 0) is 4.79 Å². The van der Waals surface area contributed by atoms with Gasteiger partial charge in [-0.3, -0.25) is 14.6 Å². The average molecular weight is 294 g/mol. The standard InChI is InChI=1S/C17H30N2O2/c20-16(21)14-18-10-3-11-19(13-12-18)15-4-8-17(9-5-15)6-1-2-7-17/h15H,1-14H2,(H,20,21). The molecule has 3 fully saturated rings. The summed E-state index contributed by atoms with van der Waals surface area (Å²) >= 11 is 0. The van der Waals surface area contributed by atoms with Crippen LogP contribution in [0.1, 0.15) is 57.8 Å². The van der Waals surface area contributed by atoms with Gasteiger partial charge in [0.05, 0.1) is 6.54 Å². The first kappa shape index (κ1) is 15.3. The molecular weight excluding hydrogens is 264 g/mol. The van der Waals surface area contributed by atoms with Crippen molar-refractivity contribution in [1.82, 2.24) is 9.80 Å². The number of carbonyl (C=O) groups is 1. The summed E-state index contributed by atoms with van der Waals surface area (Å²) in [7, 11) is 0. The molecule has 3 rings (SSSR count). The Bertz CT molecular complexity index is 356. The van der Waals surface area contributed by atoms with Crippen molar-refractivity contribution in [2.24, 2.45) is 5.41 Å². The van der Waals surface area contributed by atoms with Gasteiger partial charge >= 0.3 is 5.97 Å². The summed E-state index contributed by atoms with van der Waals surface area (Å²) in [5.41, 5.74) is 0.720. The molecule has 0 radical (unpaired) electrons. The molecule has 1 N–H and O–H groups in total. The van der Waals surface area contributed by atoms with E-state index in [1.807, 2.05) is 0 Å². The van der Waals surface area contributed by atoms with Crippen LogP contribution in [0.25, 0.3) is 0 Å². The molecule has 0 aromatic carbocycles. The first-order valence-corrected chi connectivity index (χ1v) is 8.85. The van der Waals surface area contributed by atoms with E-state index >= 15 is 0 Å². The van der Waals surface area contributed by atoms with Gasteiger partial charge in [-0.05, 0) is 56.9 Å². The zero-order valence-corrected chi connectivity index (χ0v) is 13.2. The fourth-order valence-electron chi connectivity index (χ4n) is 4.91. The molecule has 0 atom stereocenters. The number of hydrogen-bond acceptors (Lipinski definition) is 3. The van der Waals surface area contributed by atoms with Crippen molar-refractivity contribution in [2.45, 2.75) is 63.8 Å². The third-order valence-corrected chi connectivity index (χ3v) is 6.18. The summed E-state index contributed by atoms with van der Waals surface area (Å²) < 4.78 is 0. The molecule has 0 bridgehead atoms. The third kappa shape index (κ3) is 3.78. The van der Waals surface area contributed by atoms with Gasteiger partial charge in [-0.25, -0.2) is 0 Å². The van der Waals surface area contributed by atoms with Crippen LogP contribution in [0, 0.1) is 5.41 Å². The molecule has 0 aromatic rings. The van der Waals surface area contributed by atoms with Crippen LogP contribution in [0.5, 0.6) is 0 Å². The number of carboxylic acid groups (broad SMARTS) is 1. The normalized spacial score (nSPS) is 28.8. The maximum Gasteiger partial charge on any atom is 0.317 e. The van der Waals surface area contributed by atoms with Crippen LogP contribution in [0.15, 0.2) is 0 Å². The van der Waals surface area contributed by atoms with E-state index in [2.05, 4.69) is 9.80 Å². The Labute approximate surface area is 128 Å². The Kier molecular flexibility index (Phi) is 4.85. The lowest BCUT2D eigenvalue weighted by Gasteiger charge is -2.41. The predicted octanol–water partition coefficient (Wildman–Crippen LogP) is 2.58. The van der Waals surface area contributed by atoms with Crippen molar-refractivity contribution >= 4 is 5.97 Å². The van der Waals surface area contributed by atoms with E-state index in [9.17, 15) is 4.79 Å². The largest absolute Gasteiger partial charge is 0.480 e. The molecule has 0 amide bonds. The van der Waals surface area contributed by atoms with Crippen molar-refractivity contribution in [1.29, 1.82) is 0 Å². The van der Waals surface area contributed by atoms with Gasteiger partial charge < -0.3 is 5.11 Å². The van der Waals surface area contributed by atoms with Crippen molar-refractivity contribution in [3.8, 4) is 0 Å². The second-order valence-electron chi connectivity index (χ2n) is 7.50. The molecule has 3 aliphatic rings. The molecule has 1 spiro atoms. The molecule has 1 aliphatic heterocycles. The Morgan fingerprint density at radius 3 is 2.33 bits per heavy atom. The summed E-state index contributed by atoms with van der Waals surface area (Å²) in [5.74, 6) is -0.690. The molecule has 1 saturated heterocycles. The van der Waals surface area contributed by atoms with Crippen LogP contribution in [0.2, 0.25) is 0 Å². The van der Waals surface area contributed by atoms with Gasteiger partial charge in [0.1, 0.15) is 0 Å². The molecule has 0 unspecified atom stereocenters. The molecule has 120 valence electrons. The summed E-state index contributed by atoms with van der Waals surface area (Å²) in [5, 5.41) is 8.93. The average Bonchev–Trinajstić information content (AvgIpc) is 2.78. The Balaban J connectivity index is 1.48. The molecule has 2 saturated carbocycles. The third-order valence-electron chi connectivity index (χ3n) is 6.18. The zero-order chi connectivity index (χ0) is 14.7. The maximum absolute atomic E-state index is 10.9. The minimum Gasteiger partial charge on any atom is -0.480 e. The van der Waals surface area contributed by atoms with Gasteiger partial charge in [-0.15, -0.1) is 0 Å². The molecule has 1 heterocycles. The fraction of sp³-hybridized carbons (Fsp3) is 0.941. The highest BCUT2D eigenvalue weighted by Crippen LogP contribution is 2.49. The fourth-order valence-corrected chi connectivity index (χ4v) is 4.91. The number of rotatable bonds is 3. The minimum absolute atomic E-state index is 0.210. The van der Waals surface area contributed by atoms with Crippen LogP contribution in [0.4, 0.5) is 0 Å². The molecule has 4 nitrogen and oxygen atoms in total. The van der Waals surface area contributed by atoms with Gasteiger partial charge in [-0.2, -0.15) is 0 Å². The van der Waals surface area contributed by atoms with Crippen LogP contribution >= 0.6 is 0 Å².